The number of rotatable bonds is 6. The highest BCUT2D eigenvalue weighted by Gasteiger charge is 2.30. The number of nitrogens with zero attached hydrogens (tertiary/aromatic N) is 5. The number of amides is 1. The molecule has 2 aromatic heterocycles. The fraction of sp³-hybridized carbons (Fsp3) is 0.375. The van der Waals surface area contributed by atoms with Gasteiger partial charge in [-0.1, -0.05) is 12.1 Å². The molecule has 1 aromatic carbocycles. The molecule has 0 aliphatic carbocycles. The Balaban J connectivity index is 1.22. The average Bonchev–Trinajstić information content (AvgIpc) is 3.24. The van der Waals surface area contributed by atoms with E-state index in [1.165, 1.54) is 6.07 Å². The van der Waals surface area contributed by atoms with Crippen LogP contribution in [-0.2, 0) is 26.1 Å². The summed E-state index contributed by atoms with van der Waals surface area (Å²) < 4.78 is 45.4. The molecular weight excluding hydrogens is 447 g/mol. The van der Waals surface area contributed by atoms with Crippen LogP contribution < -0.4 is 4.74 Å². The Hall–Kier alpha value is -3.40. The number of ether oxygens (including phenoxy) is 1. The van der Waals surface area contributed by atoms with E-state index in [9.17, 15) is 18.0 Å². The third kappa shape index (κ3) is 6.34. The SMILES string of the molecule is Cn1cnc(CCN2CCN(C(=O)Oc3ccc(Cc4ccc(C(F)(F)F)cn4)cc3)CC2)c1. The van der Waals surface area contributed by atoms with Crippen LogP contribution in [-0.4, -0.2) is 63.2 Å². The van der Waals surface area contributed by atoms with Gasteiger partial charge in [0.25, 0.3) is 0 Å². The summed E-state index contributed by atoms with van der Waals surface area (Å²) >= 11 is 0. The van der Waals surface area contributed by atoms with Crippen molar-refractivity contribution in [3.63, 3.8) is 0 Å². The highest BCUT2D eigenvalue weighted by molar-refractivity contribution is 5.70. The average molecular weight is 473 g/mol. The lowest BCUT2D eigenvalue weighted by Crippen LogP contribution is -2.49. The zero-order valence-corrected chi connectivity index (χ0v) is 18.8. The van der Waals surface area contributed by atoms with Crippen molar-refractivity contribution >= 4 is 6.09 Å². The summed E-state index contributed by atoms with van der Waals surface area (Å²) in [5.41, 5.74) is 1.67. The van der Waals surface area contributed by atoms with Crippen molar-refractivity contribution in [2.75, 3.05) is 32.7 Å². The van der Waals surface area contributed by atoms with E-state index in [4.69, 9.17) is 4.74 Å². The zero-order valence-electron chi connectivity index (χ0n) is 18.8. The molecule has 3 aromatic rings. The highest BCUT2D eigenvalue weighted by Crippen LogP contribution is 2.28. The maximum atomic E-state index is 12.7. The van der Waals surface area contributed by atoms with Crippen molar-refractivity contribution in [1.82, 2.24) is 24.3 Å². The van der Waals surface area contributed by atoms with Gasteiger partial charge in [-0.05, 0) is 29.8 Å². The summed E-state index contributed by atoms with van der Waals surface area (Å²) in [6.45, 7) is 3.65. The Morgan fingerprint density at radius 1 is 1.00 bits per heavy atom. The van der Waals surface area contributed by atoms with Gasteiger partial charge >= 0.3 is 12.3 Å². The van der Waals surface area contributed by atoms with Crippen LogP contribution in [0.15, 0.2) is 55.1 Å². The van der Waals surface area contributed by atoms with Crippen molar-refractivity contribution in [3.05, 3.63) is 77.6 Å². The number of pyridine rings is 1. The monoisotopic (exact) mass is 473 g/mol. The lowest BCUT2D eigenvalue weighted by molar-refractivity contribution is -0.137. The summed E-state index contributed by atoms with van der Waals surface area (Å²) in [5.74, 6) is 0.423. The maximum Gasteiger partial charge on any atom is 0.417 e. The van der Waals surface area contributed by atoms with Crippen molar-refractivity contribution in [1.29, 1.82) is 0 Å². The predicted octanol–water partition coefficient (Wildman–Crippen LogP) is 3.78. The van der Waals surface area contributed by atoms with Crippen LogP contribution in [0.25, 0.3) is 0 Å². The van der Waals surface area contributed by atoms with E-state index in [0.29, 0.717) is 31.0 Å². The lowest BCUT2D eigenvalue weighted by Gasteiger charge is -2.33. The normalized spacial score (nSPS) is 14.9. The maximum absolute atomic E-state index is 12.7. The minimum atomic E-state index is -4.40. The van der Waals surface area contributed by atoms with E-state index in [-0.39, 0.29) is 6.09 Å². The van der Waals surface area contributed by atoms with E-state index in [0.717, 1.165) is 49.6 Å². The van der Waals surface area contributed by atoms with Gasteiger partial charge in [0, 0.05) is 70.7 Å². The Kier molecular flexibility index (Phi) is 7.16. The van der Waals surface area contributed by atoms with Gasteiger partial charge in [-0.15, -0.1) is 0 Å². The number of alkyl halides is 3. The molecule has 0 radical (unpaired) electrons. The van der Waals surface area contributed by atoms with E-state index >= 15 is 0 Å². The third-order valence-electron chi connectivity index (χ3n) is 5.74. The number of benzene rings is 1. The fourth-order valence-corrected chi connectivity index (χ4v) is 3.77. The van der Waals surface area contributed by atoms with Crippen LogP contribution in [0.3, 0.4) is 0 Å². The highest BCUT2D eigenvalue weighted by atomic mass is 19.4. The standard InChI is InChI=1S/C24H26F3N5O2/c1-30-16-21(29-17-30)8-9-31-10-12-32(13-11-31)23(33)34-22-6-2-18(3-7-22)14-20-5-4-19(15-28-20)24(25,26)27/h2-7,15-17H,8-14H2,1H3. The Morgan fingerprint density at radius 3 is 2.32 bits per heavy atom. The van der Waals surface area contributed by atoms with E-state index in [1.54, 1.807) is 35.5 Å². The van der Waals surface area contributed by atoms with Gasteiger partial charge in [-0.2, -0.15) is 13.2 Å². The van der Waals surface area contributed by atoms with Crippen LogP contribution in [0, 0.1) is 0 Å². The molecule has 1 aliphatic rings. The summed E-state index contributed by atoms with van der Waals surface area (Å²) in [6, 6.07) is 9.31. The number of halogens is 3. The molecule has 0 saturated carbocycles. The van der Waals surface area contributed by atoms with E-state index < -0.39 is 11.7 Å². The quantitative estimate of drug-likeness (QED) is 0.545. The van der Waals surface area contributed by atoms with Gasteiger partial charge in [-0.25, -0.2) is 9.78 Å². The number of imidazole rings is 1. The number of carbonyl (C=O) groups excluding carboxylic acids is 1. The molecular formula is C24H26F3N5O2. The lowest BCUT2D eigenvalue weighted by atomic mass is 10.1. The van der Waals surface area contributed by atoms with Gasteiger partial charge in [-0.3, -0.25) is 9.88 Å². The number of hydrogen-bond acceptors (Lipinski definition) is 5. The number of piperazine rings is 1. The molecule has 1 fully saturated rings. The second kappa shape index (κ2) is 10.3. The van der Waals surface area contributed by atoms with Gasteiger partial charge in [0.2, 0.25) is 0 Å². The fourth-order valence-electron chi connectivity index (χ4n) is 3.77. The van der Waals surface area contributed by atoms with Crippen LogP contribution >= 0.6 is 0 Å². The van der Waals surface area contributed by atoms with Crippen LogP contribution in [0.2, 0.25) is 0 Å². The van der Waals surface area contributed by atoms with Gasteiger partial charge < -0.3 is 14.2 Å². The molecule has 34 heavy (non-hydrogen) atoms. The van der Waals surface area contributed by atoms with Gasteiger partial charge in [0.15, 0.2) is 0 Å². The first-order valence-corrected chi connectivity index (χ1v) is 11.0. The molecule has 10 heteroatoms. The molecule has 1 aliphatic heterocycles. The van der Waals surface area contributed by atoms with Crippen molar-refractivity contribution in [3.8, 4) is 5.75 Å². The molecule has 7 nitrogen and oxygen atoms in total. The van der Waals surface area contributed by atoms with Crippen LogP contribution in [0.4, 0.5) is 18.0 Å². The molecule has 4 rings (SSSR count). The Bertz CT molecular complexity index is 1090. The molecule has 1 amide bonds. The Morgan fingerprint density at radius 2 is 1.74 bits per heavy atom. The van der Waals surface area contributed by atoms with Gasteiger partial charge in [0.05, 0.1) is 17.6 Å². The summed E-state index contributed by atoms with van der Waals surface area (Å²) in [7, 11) is 1.95. The van der Waals surface area contributed by atoms with Crippen LogP contribution in [0.1, 0.15) is 22.5 Å². The van der Waals surface area contributed by atoms with Crippen molar-refractivity contribution < 1.29 is 22.7 Å². The van der Waals surface area contributed by atoms with E-state index in [1.807, 2.05) is 17.8 Å². The second-order valence-electron chi connectivity index (χ2n) is 8.33. The first-order valence-electron chi connectivity index (χ1n) is 11.0. The van der Waals surface area contributed by atoms with Crippen molar-refractivity contribution in [2.24, 2.45) is 7.05 Å². The molecule has 1 saturated heterocycles. The second-order valence-corrected chi connectivity index (χ2v) is 8.33. The molecule has 0 atom stereocenters. The summed E-state index contributed by atoms with van der Waals surface area (Å²) in [4.78, 5) is 24.7. The first kappa shape index (κ1) is 23.7. The molecule has 0 N–H and O–H groups in total. The van der Waals surface area contributed by atoms with Gasteiger partial charge in [0.1, 0.15) is 5.75 Å². The topological polar surface area (TPSA) is 63.5 Å². The molecule has 0 bridgehead atoms. The molecule has 180 valence electrons. The van der Waals surface area contributed by atoms with Crippen molar-refractivity contribution in [2.45, 2.75) is 19.0 Å². The van der Waals surface area contributed by atoms with E-state index in [2.05, 4.69) is 14.9 Å². The molecule has 0 unspecified atom stereocenters. The first-order chi connectivity index (χ1) is 16.3. The zero-order chi connectivity index (χ0) is 24.1. The number of aryl methyl sites for hydroxylation is 1. The van der Waals surface area contributed by atoms with Crippen LogP contribution in [0.5, 0.6) is 5.75 Å². The molecule has 3 heterocycles. The Labute approximate surface area is 195 Å². The largest absolute Gasteiger partial charge is 0.417 e. The summed E-state index contributed by atoms with van der Waals surface area (Å²) in [5, 5.41) is 0. The minimum Gasteiger partial charge on any atom is -0.410 e. The number of carbonyl (C=O) groups is 1. The minimum absolute atomic E-state index is 0.382. The third-order valence-corrected chi connectivity index (χ3v) is 5.74. The molecule has 0 spiro atoms. The summed E-state index contributed by atoms with van der Waals surface area (Å²) in [6.07, 6.45) is 1.11. The number of hydrogen-bond donors (Lipinski definition) is 0. The number of aromatic nitrogens is 3. The predicted molar refractivity (Wildman–Crippen MR) is 119 cm³/mol. The smallest absolute Gasteiger partial charge is 0.410 e.